The Morgan fingerprint density at radius 3 is 1.51 bits per heavy atom. The summed E-state index contributed by atoms with van der Waals surface area (Å²) < 4.78 is 52.9. The summed E-state index contributed by atoms with van der Waals surface area (Å²) in [5, 5.41) is 21.4. The van der Waals surface area contributed by atoms with Gasteiger partial charge in [-0.2, -0.15) is 20.4 Å². The van der Waals surface area contributed by atoms with E-state index in [0.29, 0.717) is 54.5 Å². The van der Waals surface area contributed by atoms with E-state index in [-0.39, 0.29) is 37.4 Å². The number of nitrogens with one attached hydrogen (secondary N) is 1. The van der Waals surface area contributed by atoms with Gasteiger partial charge in [-0.05, 0) is 57.2 Å². The first kappa shape index (κ1) is 61.4. The number of fused-ring (bicyclic) bond motifs is 2. The largest absolute Gasteiger partial charge is 0.444 e. The zero-order chi connectivity index (χ0) is 60.8. The van der Waals surface area contributed by atoms with Crippen LogP contribution in [0.5, 0.6) is 0 Å². The Bertz CT molecular complexity index is 4030. The van der Waals surface area contributed by atoms with Gasteiger partial charge in [0.1, 0.15) is 40.9 Å². The number of aromatic nitrogens is 14. The van der Waals surface area contributed by atoms with Gasteiger partial charge in [-0.15, -0.1) is 0 Å². The van der Waals surface area contributed by atoms with E-state index in [4.69, 9.17) is 14.2 Å². The van der Waals surface area contributed by atoms with Gasteiger partial charge in [-0.3, -0.25) is 9.36 Å². The molecule has 28 heteroatoms. The Kier molecular flexibility index (Phi) is 18.8. The van der Waals surface area contributed by atoms with Crippen molar-refractivity contribution in [2.45, 2.75) is 78.7 Å². The number of anilines is 4. The summed E-state index contributed by atoms with van der Waals surface area (Å²) in [5.41, 5.74) is 5.31. The molecule has 0 aliphatic carbocycles. The maximum Gasteiger partial charge on any atom is 0.410 e. The number of carbonyl (C=O) groups is 1. The van der Waals surface area contributed by atoms with Gasteiger partial charge < -0.3 is 44.0 Å². The summed E-state index contributed by atoms with van der Waals surface area (Å²) >= 11 is 2.63. The van der Waals surface area contributed by atoms with Crippen molar-refractivity contribution in [3.05, 3.63) is 147 Å². The molecular weight excluding hydrogens is 1190 g/mol. The lowest BCUT2D eigenvalue weighted by Gasteiger charge is -2.35. The Balaban J connectivity index is 0.000000174. The van der Waals surface area contributed by atoms with E-state index in [1.165, 1.54) is 35.7 Å². The number of piperazine rings is 2. The van der Waals surface area contributed by atoms with Crippen molar-refractivity contribution in [2.75, 3.05) is 111 Å². The van der Waals surface area contributed by atoms with Crippen LogP contribution in [-0.4, -0.2) is 189 Å². The number of halogens is 2. The minimum absolute atomic E-state index is 0. The zero-order valence-electron chi connectivity index (χ0n) is 49.4. The highest BCUT2D eigenvalue weighted by Crippen LogP contribution is 2.33. The molecule has 14 rings (SSSR count). The monoisotopic (exact) mass is 1260 g/mol. The third-order valence-corrected chi connectivity index (χ3v) is 17.4. The Hall–Kier alpha value is -8.83. The SMILES string of the molecule is C.CC(C)(C)OC(=O)N1CCO[C@H](Cn2cc(-c3cc4c(N5CCN(c6ncc(Sc7ccccc7F)cn6)CC5)ncnn4c3)cn2)C1.Fc1ccccc1Sc1cnc(N2CCN(c3ncnn4cc(-c5cnn(C[C@@H]6CNCCO6)c5)cc34)CC2)nc1. The first-order valence-corrected chi connectivity index (χ1v) is 31.1. The molecule has 1 amide bonds. The number of hydrogen-bond donors (Lipinski definition) is 1. The molecule has 4 saturated heterocycles. The molecule has 24 nitrogen and oxygen atoms in total. The molecule has 468 valence electrons. The lowest BCUT2D eigenvalue weighted by atomic mass is 10.2. The fraction of sp³-hybridized carbons (Fsp3) is 0.371. The number of carbonyl (C=O) groups excluding carboxylic acids is 1. The molecule has 90 heavy (non-hydrogen) atoms. The van der Waals surface area contributed by atoms with Crippen molar-refractivity contribution < 1.29 is 27.8 Å². The van der Waals surface area contributed by atoms with Crippen LogP contribution in [-0.2, 0) is 27.3 Å². The number of morpholine rings is 2. The van der Waals surface area contributed by atoms with E-state index in [0.717, 1.165) is 127 Å². The maximum absolute atomic E-state index is 14.0. The Morgan fingerprint density at radius 2 is 1.04 bits per heavy atom. The first-order chi connectivity index (χ1) is 43.4. The average molecular weight is 1260 g/mol. The number of benzene rings is 2. The fourth-order valence-electron chi connectivity index (χ4n) is 10.9. The fourth-order valence-corrected chi connectivity index (χ4v) is 12.5. The van der Waals surface area contributed by atoms with Crippen LogP contribution in [0, 0.1) is 11.6 Å². The van der Waals surface area contributed by atoms with Crippen LogP contribution in [0.1, 0.15) is 28.2 Å². The summed E-state index contributed by atoms with van der Waals surface area (Å²) in [6.45, 7) is 16.7. The number of hydrogen-bond acceptors (Lipinski definition) is 21. The molecule has 4 aliphatic rings. The summed E-state index contributed by atoms with van der Waals surface area (Å²) in [6, 6.07) is 17.6. The van der Waals surface area contributed by atoms with Gasteiger partial charge in [0.15, 0.2) is 11.6 Å². The van der Waals surface area contributed by atoms with Crippen molar-refractivity contribution in [2.24, 2.45) is 0 Å². The molecule has 0 spiro atoms. The van der Waals surface area contributed by atoms with Crippen LogP contribution < -0.4 is 24.9 Å². The molecule has 4 fully saturated rings. The first-order valence-electron chi connectivity index (χ1n) is 29.5. The minimum atomic E-state index is -0.545. The van der Waals surface area contributed by atoms with Crippen molar-refractivity contribution >= 4 is 64.2 Å². The van der Waals surface area contributed by atoms with Gasteiger partial charge in [-0.1, -0.05) is 55.2 Å². The highest BCUT2D eigenvalue weighted by molar-refractivity contribution is 7.99. The second kappa shape index (κ2) is 27.5. The molecule has 0 saturated carbocycles. The summed E-state index contributed by atoms with van der Waals surface area (Å²) in [4.78, 5) is 53.3. The second-order valence-electron chi connectivity index (χ2n) is 22.8. The van der Waals surface area contributed by atoms with Crippen molar-refractivity contribution in [3.8, 4) is 22.3 Å². The standard InChI is InChI=1S/C33H37FN10O3S.C28H29FN10OS.CH4/c1-33(2,3)47-32(45)42-12-13-46-25(20-42)21-43-18-24(15-38-43)23-14-28-30(37-22-39-44(28)19-23)40-8-10-41(11-9-40)31-35-16-26(17-36-31)48-29-7-5-4-6-27(29)34;29-24-3-1-2-4-26(24)41-23-14-31-28(32-15-23)37-8-6-36(7-9-37)27-25-11-20(17-39(25)35-19-33-27)21-12-34-38(16-21)18-22-13-30-5-10-40-22;/h4-7,14-19,22,25H,8-13,20-21H2,1-3H3;1-4,11-12,14-17,19,22,30H,5-10,13,18H2;1H4/t25-;22-;/m00./s1. The average Bonchev–Trinajstić information content (AvgIpc) is 1.76. The van der Waals surface area contributed by atoms with E-state index in [1.54, 1.807) is 66.6 Å². The van der Waals surface area contributed by atoms with Gasteiger partial charge >= 0.3 is 6.09 Å². The second-order valence-corrected chi connectivity index (χ2v) is 25.0. The quantitative estimate of drug-likeness (QED) is 0.108. The lowest BCUT2D eigenvalue weighted by molar-refractivity contribution is -0.0483. The van der Waals surface area contributed by atoms with Gasteiger partial charge in [0, 0.05) is 163 Å². The molecule has 2 aromatic carbocycles. The molecule has 0 unspecified atom stereocenters. The number of ether oxygens (including phenoxy) is 3. The topological polar surface area (TPSA) is 221 Å². The highest BCUT2D eigenvalue weighted by Gasteiger charge is 2.30. The van der Waals surface area contributed by atoms with Crippen LogP contribution in [0.25, 0.3) is 33.3 Å². The molecule has 1 N–H and O–H groups in total. The molecule has 8 aromatic heterocycles. The van der Waals surface area contributed by atoms with Crippen molar-refractivity contribution in [1.29, 1.82) is 0 Å². The summed E-state index contributed by atoms with van der Waals surface area (Å²) in [6.07, 6.45) is 21.5. The van der Waals surface area contributed by atoms with Crippen LogP contribution in [0.4, 0.5) is 37.1 Å². The maximum atomic E-state index is 14.0. The summed E-state index contributed by atoms with van der Waals surface area (Å²) in [7, 11) is 0. The lowest BCUT2D eigenvalue weighted by Crippen LogP contribution is -2.48. The van der Waals surface area contributed by atoms with Gasteiger partial charge in [0.2, 0.25) is 11.9 Å². The van der Waals surface area contributed by atoms with Gasteiger partial charge in [0.25, 0.3) is 0 Å². The van der Waals surface area contributed by atoms with Crippen LogP contribution in [0.2, 0.25) is 0 Å². The van der Waals surface area contributed by atoms with Crippen molar-refractivity contribution in [1.82, 2.24) is 78.9 Å². The van der Waals surface area contributed by atoms with Crippen LogP contribution >= 0.6 is 23.5 Å². The van der Waals surface area contributed by atoms with Crippen LogP contribution in [0.3, 0.4) is 0 Å². The van der Waals surface area contributed by atoms with Gasteiger partial charge in [0.05, 0.1) is 57.4 Å². The Labute approximate surface area is 527 Å². The highest BCUT2D eigenvalue weighted by atomic mass is 32.2. The normalized spacial score (nSPS) is 17.3. The number of rotatable bonds is 14. The predicted molar refractivity (Wildman–Crippen MR) is 339 cm³/mol. The molecule has 0 bridgehead atoms. The third kappa shape index (κ3) is 14.6. The minimum Gasteiger partial charge on any atom is -0.444 e. The van der Waals surface area contributed by atoms with E-state index in [2.05, 4.69) is 93.5 Å². The number of nitrogens with zero attached hydrogens (tertiary/aromatic N) is 19. The summed E-state index contributed by atoms with van der Waals surface area (Å²) in [5.74, 6) is 2.58. The van der Waals surface area contributed by atoms with Crippen LogP contribution in [0.15, 0.2) is 155 Å². The molecule has 0 radical (unpaired) electrons. The molecular formula is C62H70F2N20O4S2. The van der Waals surface area contributed by atoms with E-state index in [1.807, 2.05) is 82.3 Å². The molecule has 2 atom stereocenters. The predicted octanol–water partition coefficient (Wildman–Crippen LogP) is 8.26. The smallest absolute Gasteiger partial charge is 0.410 e. The van der Waals surface area contributed by atoms with E-state index in [9.17, 15) is 13.6 Å². The van der Waals surface area contributed by atoms with E-state index < -0.39 is 5.60 Å². The van der Waals surface area contributed by atoms with E-state index >= 15 is 0 Å². The molecule has 10 aromatic rings. The zero-order valence-corrected chi connectivity index (χ0v) is 51.0. The molecule has 12 heterocycles. The third-order valence-electron chi connectivity index (χ3n) is 15.4. The Morgan fingerprint density at radius 1 is 0.578 bits per heavy atom. The van der Waals surface area contributed by atoms with Gasteiger partial charge in [-0.25, -0.2) is 52.5 Å². The molecule has 4 aliphatic heterocycles. The van der Waals surface area contributed by atoms with Crippen molar-refractivity contribution in [3.63, 3.8) is 0 Å². The number of amides is 1.